The summed E-state index contributed by atoms with van der Waals surface area (Å²) in [7, 11) is 0. The van der Waals surface area contributed by atoms with E-state index in [0.29, 0.717) is 17.7 Å². The fourth-order valence-electron chi connectivity index (χ4n) is 3.19. The predicted octanol–water partition coefficient (Wildman–Crippen LogP) is 4.81. The molecule has 0 unspecified atom stereocenters. The third kappa shape index (κ3) is 7.83. The van der Waals surface area contributed by atoms with Gasteiger partial charge in [0.05, 0.1) is 17.4 Å². The molecule has 7 nitrogen and oxygen atoms in total. The first-order valence-electron chi connectivity index (χ1n) is 11.5. The third-order valence-corrected chi connectivity index (χ3v) is 5.08. The van der Waals surface area contributed by atoms with E-state index in [-0.39, 0.29) is 5.91 Å². The zero-order valence-corrected chi connectivity index (χ0v) is 20.3. The maximum atomic E-state index is 12.8. The minimum atomic E-state index is -0.130. The van der Waals surface area contributed by atoms with Crippen molar-refractivity contribution in [2.75, 3.05) is 6.54 Å². The summed E-state index contributed by atoms with van der Waals surface area (Å²) in [6, 6.07) is 7.33. The molecule has 2 N–H and O–H groups in total. The molecule has 0 aliphatic carbocycles. The van der Waals surface area contributed by atoms with Gasteiger partial charge in [-0.1, -0.05) is 24.0 Å². The number of carbonyl (C=O) groups is 1. The second kappa shape index (κ2) is 13.3. The first-order chi connectivity index (χ1) is 17.1. The molecule has 0 saturated carbocycles. The van der Waals surface area contributed by atoms with Gasteiger partial charge in [-0.25, -0.2) is 4.68 Å². The molecule has 3 rings (SSSR count). The lowest BCUT2D eigenvalue weighted by Crippen LogP contribution is -2.25. The van der Waals surface area contributed by atoms with E-state index < -0.39 is 0 Å². The molecule has 7 heteroatoms. The number of carbonyl (C=O) groups excluding carboxylic acids is 1. The summed E-state index contributed by atoms with van der Waals surface area (Å²) in [6.07, 6.45) is 18.3. The molecule has 0 fully saturated rings. The van der Waals surface area contributed by atoms with Gasteiger partial charge in [-0.15, -0.1) is 0 Å². The number of aromatic amines is 1. The van der Waals surface area contributed by atoms with Crippen molar-refractivity contribution in [1.29, 1.82) is 0 Å². The Bertz CT molecular complexity index is 1280. The molecule has 0 radical (unpaired) electrons. The molecule has 1 aromatic carbocycles. The summed E-state index contributed by atoms with van der Waals surface area (Å²) in [6.45, 7) is 6.38. The van der Waals surface area contributed by atoms with Crippen molar-refractivity contribution >= 4 is 11.6 Å². The van der Waals surface area contributed by atoms with Gasteiger partial charge in [-0.3, -0.25) is 14.9 Å². The normalized spacial score (nSPS) is 12.2. The van der Waals surface area contributed by atoms with E-state index >= 15 is 0 Å². The van der Waals surface area contributed by atoms with Crippen LogP contribution in [-0.2, 0) is 6.42 Å². The van der Waals surface area contributed by atoms with Crippen molar-refractivity contribution in [3.8, 4) is 17.5 Å². The van der Waals surface area contributed by atoms with Crippen molar-refractivity contribution in [3.63, 3.8) is 0 Å². The smallest absolute Gasteiger partial charge is 0.251 e. The largest absolute Gasteiger partial charge is 0.352 e. The average molecular weight is 467 g/mol. The van der Waals surface area contributed by atoms with Crippen LogP contribution >= 0.6 is 0 Å². The van der Waals surface area contributed by atoms with E-state index in [1.54, 1.807) is 29.3 Å². The molecule has 0 bridgehead atoms. The molecular weight excluding hydrogens is 436 g/mol. The number of nitrogens with one attached hydrogen (secondary N) is 2. The summed E-state index contributed by atoms with van der Waals surface area (Å²) >= 11 is 0. The molecule has 2 heterocycles. The Morgan fingerprint density at radius 1 is 1.29 bits per heavy atom. The highest BCUT2D eigenvalue weighted by Gasteiger charge is 2.10. The molecule has 178 valence electrons. The molecule has 35 heavy (non-hydrogen) atoms. The van der Waals surface area contributed by atoms with E-state index in [1.165, 1.54) is 0 Å². The lowest BCUT2D eigenvalue weighted by molar-refractivity contribution is 0.0953. The zero-order chi connectivity index (χ0) is 24.9. The van der Waals surface area contributed by atoms with Crippen LogP contribution in [0.3, 0.4) is 0 Å². The third-order valence-electron chi connectivity index (χ3n) is 5.08. The molecule has 1 amide bonds. The monoisotopic (exact) mass is 466 g/mol. The van der Waals surface area contributed by atoms with Gasteiger partial charge in [0.1, 0.15) is 0 Å². The van der Waals surface area contributed by atoms with Gasteiger partial charge in [0.15, 0.2) is 0 Å². The molecule has 0 spiro atoms. The maximum Gasteiger partial charge on any atom is 0.251 e. The van der Waals surface area contributed by atoms with Crippen LogP contribution in [0.15, 0.2) is 90.1 Å². The number of nitrogens with zero attached hydrogens (tertiary/aromatic N) is 4. The number of aromatic nitrogens is 4. The molecule has 0 atom stereocenters. The van der Waals surface area contributed by atoms with Gasteiger partial charge in [-0.2, -0.15) is 10.2 Å². The average Bonchev–Trinajstić information content (AvgIpc) is 3.60. The van der Waals surface area contributed by atoms with Gasteiger partial charge in [0.2, 0.25) is 0 Å². The summed E-state index contributed by atoms with van der Waals surface area (Å²) in [5.41, 5.74) is 4.93. The fraction of sp³-hybridized carbons (Fsp3) is 0.214. The van der Waals surface area contributed by atoms with E-state index in [1.807, 2.05) is 75.7 Å². The summed E-state index contributed by atoms with van der Waals surface area (Å²) in [4.78, 5) is 17.1. The first-order valence-corrected chi connectivity index (χ1v) is 11.5. The number of hydrogen-bond acceptors (Lipinski definition) is 4. The second-order valence-electron chi connectivity index (χ2n) is 7.73. The highest BCUT2D eigenvalue weighted by atomic mass is 16.1. The van der Waals surface area contributed by atoms with Crippen molar-refractivity contribution in [2.24, 2.45) is 4.99 Å². The number of amides is 1. The van der Waals surface area contributed by atoms with Gasteiger partial charge in [-0.05, 0) is 75.6 Å². The second-order valence-corrected chi connectivity index (χ2v) is 7.73. The molecule has 0 saturated heterocycles. The van der Waals surface area contributed by atoms with E-state index in [0.717, 1.165) is 35.4 Å². The van der Waals surface area contributed by atoms with Crippen LogP contribution in [-0.4, -0.2) is 38.1 Å². The Morgan fingerprint density at radius 2 is 2.17 bits per heavy atom. The van der Waals surface area contributed by atoms with Crippen molar-refractivity contribution < 1.29 is 4.79 Å². The number of rotatable bonds is 9. The fourth-order valence-corrected chi connectivity index (χ4v) is 3.19. The molecule has 2 aromatic heterocycles. The Hall–Kier alpha value is -4.44. The van der Waals surface area contributed by atoms with Crippen molar-refractivity contribution in [3.05, 3.63) is 102 Å². The molecular formula is C28H30N6O. The minimum absolute atomic E-state index is 0.130. The van der Waals surface area contributed by atoms with Crippen molar-refractivity contribution in [1.82, 2.24) is 25.3 Å². The van der Waals surface area contributed by atoms with Gasteiger partial charge in [0, 0.05) is 48.2 Å². The number of hydrogen-bond donors (Lipinski definition) is 2. The topological polar surface area (TPSA) is 88.0 Å². The summed E-state index contributed by atoms with van der Waals surface area (Å²) in [5.74, 6) is 6.30. The number of aryl methyl sites for hydroxylation is 1. The summed E-state index contributed by atoms with van der Waals surface area (Å²) in [5, 5.41) is 14.1. The SMILES string of the molecule is C\C=C/N=C(C)/C=C\C(C#Cc1cc(C(=O)NCCCc2cn[nH]c2)ccc1-n1cccn1)=C/C. The maximum absolute atomic E-state index is 12.8. The van der Waals surface area contributed by atoms with Crippen LogP contribution in [0.4, 0.5) is 0 Å². The molecule has 0 aliphatic heterocycles. The van der Waals surface area contributed by atoms with E-state index in [4.69, 9.17) is 0 Å². The van der Waals surface area contributed by atoms with Crippen LogP contribution in [0.1, 0.15) is 48.7 Å². The first kappa shape index (κ1) is 25.2. The zero-order valence-electron chi connectivity index (χ0n) is 20.3. The number of benzene rings is 1. The summed E-state index contributed by atoms with van der Waals surface area (Å²) < 4.78 is 1.75. The Balaban J connectivity index is 1.78. The van der Waals surface area contributed by atoms with E-state index in [2.05, 4.69) is 37.4 Å². The van der Waals surface area contributed by atoms with Crippen LogP contribution in [0.2, 0.25) is 0 Å². The Morgan fingerprint density at radius 3 is 2.89 bits per heavy atom. The standard InChI is InChI=1S/C28H30N6O/c1-4-15-29-22(3)9-10-23(5-2)11-12-25-19-26(13-14-27(25)34-18-7-17-33-34)28(35)30-16-6-8-24-20-31-32-21-24/h4-5,7,9-10,13-15,17-21H,6,8,16H2,1-3H3,(H,30,35)(H,31,32)/b10-9-,15-4-,23-5+,29-22+. The number of H-pyrrole nitrogens is 1. The lowest BCUT2D eigenvalue weighted by atomic mass is 10.1. The predicted molar refractivity (Wildman–Crippen MR) is 141 cm³/mol. The van der Waals surface area contributed by atoms with Crippen LogP contribution in [0, 0.1) is 11.8 Å². The Kier molecular flexibility index (Phi) is 9.58. The van der Waals surface area contributed by atoms with Crippen molar-refractivity contribution in [2.45, 2.75) is 33.6 Å². The van der Waals surface area contributed by atoms with Crippen LogP contribution < -0.4 is 5.32 Å². The number of allylic oxidation sites excluding steroid dienone is 5. The molecule has 0 aliphatic rings. The van der Waals surface area contributed by atoms with Gasteiger partial charge >= 0.3 is 0 Å². The van der Waals surface area contributed by atoms with Crippen LogP contribution in [0.5, 0.6) is 0 Å². The highest BCUT2D eigenvalue weighted by molar-refractivity contribution is 5.95. The quantitative estimate of drug-likeness (QED) is 0.205. The van der Waals surface area contributed by atoms with Crippen LogP contribution in [0.25, 0.3) is 5.69 Å². The minimum Gasteiger partial charge on any atom is -0.352 e. The molecule has 3 aromatic rings. The Labute approximate surface area is 206 Å². The number of aliphatic imine (C=N–C) groups is 1. The van der Waals surface area contributed by atoms with Gasteiger partial charge < -0.3 is 5.32 Å². The van der Waals surface area contributed by atoms with E-state index in [9.17, 15) is 4.79 Å². The highest BCUT2D eigenvalue weighted by Crippen LogP contribution is 2.16. The lowest BCUT2D eigenvalue weighted by Gasteiger charge is -2.09. The van der Waals surface area contributed by atoms with Gasteiger partial charge in [0.25, 0.3) is 5.91 Å².